The molecule has 0 aliphatic carbocycles. The van der Waals surface area contributed by atoms with Crippen molar-refractivity contribution in [2.24, 2.45) is 0 Å². The van der Waals surface area contributed by atoms with E-state index in [-0.39, 0.29) is 11.8 Å². The lowest BCUT2D eigenvalue weighted by Crippen LogP contribution is -2.29. The van der Waals surface area contributed by atoms with E-state index in [0.29, 0.717) is 17.0 Å². The number of carbonyl (C=O) groups is 2. The maximum atomic E-state index is 12.4. The van der Waals surface area contributed by atoms with E-state index in [2.05, 4.69) is 24.3 Å². The number of benzene rings is 3. The molecular formula is C21H15NO2S. The zero-order valence-corrected chi connectivity index (χ0v) is 14.2. The molecule has 1 aliphatic heterocycles. The smallest absolute Gasteiger partial charge is 0.262 e. The summed E-state index contributed by atoms with van der Waals surface area (Å²) in [7, 11) is 0. The van der Waals surface area contributed by atoms with Gasteiger partial charge in [-0.15, -0.1) is 11.8 Å². The molecule has 3 nitrogen and oxygen atoms in total. The molecule has 2 amide bonds. The number of nitrogens with zero attached hydrogens (tertiary/aromatic N) is 1. The molecular weight excluding hydrogens is 330 g/mol. The second-order valence-corrected chi connectivity index (χ2v) is 6.77. The summed E-state index contributed by atoms with van der Waals surface area (Å²) in [5, 5.41) is 0. The van der Waals surface area contributed by atoms with Crippen LogP contribution in [-0.4, -0.2) is 22.6 Å². The number of thioether (sulfide) groups is 1. The second kappa shape index (κ2) is 6.57. The van der Waals surface area contributed by atoms with Crippen molar-refractivity contribution in [1.29, 1.82) is 0 Å². The van der Waals surface area contributed by atoms with Gasteiger partial charge in [-0.05, 0) is 35.4 Å². The van der Waals surface area contributed by atoms with Gasteiger partial charge in [-0.3, -0.25) is 14.5 Å². The topological polar surface area (TPSA) is 37.4 Å². The molecule has 1 heterocycles. The first kappa shape index (κ1) is 15.7. The lowest BCUT2D eigenvalue weighted by molar-refractivity contribution is 0.0684. The first-order valence-electron chi connectivity index (χ1n) is 7.97. The van der Waals surface area contributed by atoms with Crippen molar-refractivity contribution in [3.8, 4) is 11.1 Å². The van der Waals surface area contributed by atoms with E-state index < -0.39 is 0 Å². The molecule has 122 valence electrons. The molecule has 0 atom stereocenters. The van der Waals surface area contributed by atoms with Crippen molar-refractivity contribution in [3.63, 3.8) is 0 Å². The van der Waals surface area contributed by atoms with Crippen LogP contribution in [0, 0.1) is 0 Å². The summed E-state index contributed by atoms with van der Waals surface area (Å²) in [6.07, 6.45) is 0. The fraction of sp³-hybridized carbons (Fsp3) is 0.0476. The highest BCUT2D eigenvalue weighted by molar-refractivity contribution is 7.99. The van der Waals surface area contributed by atoms with E-state index in [1.54, 1.807) is 24.3 Å². The number of rotatable bonds is 4. The van der Waals surface area contributed by atoms with E-state index >= 15 is 0 Å². The molecule has 3 aromatic rings. The van der Waals surface area contributed by atoms with Gasteiger partial charge in [-0.1, -0.05) is 54.6 Å². The Morgan fingerprint density at radius 1 is 0.640 bits per heavy atom. The zero-order valence-electron chi connectivity index (χ0n) is 13.4. The number of imide groups is 1. The number of carbonyl (C=O) groups excluding carboxylic acids is 2. The molecule has 4 heteroatoms. The van der Waals surface area contributed by atoms with E-state index in [9.17, 15) is 9.59 Å². The van der Waals surface area contributed by atoms with Crippen LogP contribution in [0.25, 0.3) is 11.1 Å². The zero-order chi connectivity index (χ0) is 17.2. The highest BCUT2D eigenvalue weighted by Gasteiger charge is 2.34. The minimum atomic E-state index is -0.214. The van der Waals surface area contributed by atoms with Crippen molar-refractivity contribution < 1.29 is 9.59 Å². The van der Waals surface area contributed by atoms with Gasteiger partial charge in [-0.2, -0.15) is 0 Å². The van der Waals surface area contributed by atoms with Gasteiger partial charge in [-0.25, -0.2) is 0 Å². The van der Waals surface area contributed by atoms with Gasteiger partial charge in [0.05, 0.1) is 17.0 Å². The van der Waals surface area contributed by atoms with Crippen LogP contribution in [-0.2, 0) is 0 Å². The molecule has 3 aromatic carbocycles. The molecule has 0 aromatic heterocycles. The Balaban J connectivity index is 1.46. The van der Waals surface area contributed by atoms with E-state index in [1.807, 2.05) is 30.3 Å². The monoisotopic (exact) mass is 345 g/mol. The van der Waals surface area contributed by atoms with Gasteiger partial charge in [0.1, 0.15) is 0 Å². The second-order valence-electron chi connectivity index (χ2n) is 5.75. The first-order valence-corrected chi connectivity index (χ1v) is 8.96. The molecule has 0 saturated carbocycles. The minimum Gasteiger partial charge on any atom is -0.269 e. The fourth-order valence-corrected chi connectivity index (χ4v) is 3.71. The predicted molar refractivity (Wildman–Crippen MR) is 99.5 cm³/mol. The summed E-state index contributed by atoms with van der Waals surface area (Å²) in [6, 6.07) is 25.3. The molecule has 0 saturated heterocycles. The summed E-state index contributed by atoms with van der Waals surface area (Å²) >= 11 is 1.48. The van der Waals surface area contributed by atoms with Crippen molar-refractivity contribution in [3.05, 3.63) is 90.0 Å². The Morgan fingerprint density at radius 2 is 1.16 bits per heavy atom. The van der Waals surface area contributed by atoms with Crippen LogP contribution in [0.5, 0.6) is 0 Å². The highest BCUT2D eigenvalue weighted by atomic mass is 32.2. The normalized spacial score (nSPS) is 13.2. The molecule has 0 spiro atoms. The van der Waals surface area contributed by atoms with Crippen LogP contribution in [0.2, 0.25) is 0 Å². The van der Waals surface area contributed by atoms with Crippen LogP contribution in [0.1, 0.15) is 20.7 Å². The van der Waals surface area contributed by atoms with Crippen LogP contribution >= 0.6 is 11.8 Å². The number of hydrogen-bond acceptors (Lipinski definition) is 3. The van der Waals surface area contributed by atoms with Crippen molar-refractivity contribution in [2.75, 3.05) is 5.88 Å². The maximum absolute atomic E-state index is 12.4. The van der Waals surface area contributed by atoms with Crippen molar-refractivity contribution >= 4 is 23.6 Å². The molecule has 0 N–H and O–H groups in total. The number of amides is 2. The number of fused-ring (bicyclic) bond motifs is 1. The fourth-order valence-electron chi connectivity index (χ4n) is 2.87. The Morgan fingerprint density at radius 3 is 1.76 bits per heavy atom. The Labute approximate surface area is 150 Å². The molecule has 25 heavy (non-hydrogen) atoms. The van der Waals surface area contributed by atoms with Gasteiger partial charge < -0.3 is 0 Å². The van der Waals surface area contributed by atoms with Gasteiger partial charge >= 0.3 is 0 Å². The summed E-state index contributed by atoms with van der Waals surface area (Å²) in [5.74, 6) is -0.111. The van der Waals surface area contributed by atoms with Crippen LogP contribution in [0.4, 0.5) is 0 Å². The molecule has 4 rings (SSSR count). The quantitative estimate of drug-likeness (QED) is 0.508. The summed E-state index contributed by atoms with van der Waals surface area (Å²) < 4.78 is 0. The highest BCUT2D eigenvalue weighted by Crippen LogP contribution is 2.28. The van der Waals surface area contributed by atoms with Crippen LogP contribution in [0.15, 0.2) is 83.8 Å². The largest absolute Gasteiger partial charge is 0.269 e. The molecule has 0 fully saturated rings. The van der Waals surface area contributed by atoms with Crippen molar-refractivity contribution in [2.45, 2.75) is 4.90 Å². The summed E-state index contributed by atoms with van der Waals surface area (Å²) in [6.45, 7) is 0. The summed E-state index contributed by atoms with van der Waals surface area (Å²) in [5.41, 5.74) is 3.30. The van der Waals surface area contributed by atoms with Gasteiger partial charge in [0.25, 0.3) is 11.8 Å². The lowest BCUT2D eigenvalue weighted by Gasteiger charge is -2.13. The molecule has 1 aliphatic rings. The van der Waals surface area contributed by atoms with Crippen molar-refractivity contribution in [1.82, 2.24) is 4.90 Å². The number of hydrogen-bond donors (Lipinski definition) is 0. The van der Waals surface area contributed by atoms with E-state index in [0.717, 1.165) is 10.5 Å². The van der Waals surface area contributed by atoms with Gasteiger partial charge in [0.2, 0.25) is 0 Å². The van der Waals surface area contributed by atoms with Crippen LogP contribution < -0.4 is 0 Å². The average molecular weight is 345 g/mol. The van der Waals surface area contributed by atoms with E-state index in [4.69, 9.17) is 0 Å². The summed E-state index contributed by atoms with van der Waals surface area (Å²) in [4.78, 5) is 27.0. The molecule has 0 bridgehead atoms. The Kier molecular flexibility index (Phi) is 4.12. The Hall–Kier alpha value is -2.85. The van der Waals surface area contributed by atoms with Crippen LogP contribution in [0.3, 0.4) is 0 Å². The van der Waals surface area contributed by atoms with Gasteiger partial charge in [0, 0.05) is 4.90 Å². The third-order valence-corrected chi connectivity index (χ3v) is 5.19. The average Bonchev–Trinajstić information content (AvgIpc) is 2.92. The predicted octanol–water partition coefficient (Wildman–Crippen LogP) is 4.70. The standard InChI is InChI=1S/C21H15NO2S/c23-20-18-8-4-5-9-19(18)21(24)22(20)14-25-17-12-10-16(11-13-17)15-6-2-1-3-7-15/h1-13H,14H2. The molecule has 0 unspecified atom stereocenters. The third-order valence-electron chi connectivity index (χ3n) is 4.20. The Bertz CT molecular complexity index is 901. The first-order chi connectivity index (χ1) is 12.2. The SMILES string of the molecule is O=C1c2ccccc2C(=O)N1CSc1ccc(-c2ccccc2)cc1. The molecule has 0 radical (unpaired) electrons. The maximum Gasteiger partial charge on any atom is 0.262 e. The third kappa shape index (κ3) is 2.96. The lowest BCUT2D eigenvalue weighted by atomic mass is 10.1. The minimum absolute atomic E-state index is 0.214. The van der Waals surface area contributed by atoms with Gasteiger partial charge in [0.15, 0.2) is 0 Å². The van der Waals surface area contributed by atoms with E-state index in [1.165, 1.54) is 22.2 Å².